The van der Waals surface area contributed by atoms with Gasteiger partial charge in [-0.25, -0.2) is 0 Å². The summed E-state index contributed by atoms with van der Waals surface area (Å²) in [5.74, 6) is 0.814. The Morgan fingerprint density at radius 2 is 1.68 bits per heavy atom. The van der Waals surface area contributed by atoms with Crippen molar-refractivity contribution in [1.82, 2.24) is 10.2 Å². The van der Waals surface area contributed by atoms with Gasteiger partial charge in [-0.1, -0.05) is 103 Å². The van der Waals surface area contributed by atoms with Crippen molar-refractivity contribution in [2.75, 3.05) is 5.75 Å². The van der Waals surface area contributed by atoms with Crippen molar-refractivity contribution in [1.29, 1.82) is 0 Å². The highest BCUT2D eigenvalue weighted by Crippen LogP contribution is 2.23. The molecular formula is C31H35ClN2O2S. The maximum Gasteiger partial charge on any atom is 0.243 e. The van der Waals surface area contributed by atoms with Gasteiger partial charge in [-0.15, -0.1) is 11.8 Å². The molecule has 0 aromatic heterocycles. The number of amides is 2. The van der Waals surface area contributed by atoms with Crippen molar-refractivity contribution in [2.45, 2.75) is 63.4 Å². The molecule has 0 heterocycles. The van der Waals surface area contributed by atoms with Gasteiger partial charge in [-0.3, -0.25) is 9.59 Å². The number of thioether (sulfide) groups is 1. The average Bonchev–Trinajstić information content (AvgIpc) is 3.41. The van der Waals surface area contributed by atoms with Crippen LogP contribution in [0.1, 0.15) is 47.9 Å². The summed E-state index contributed by atoms with van der Waals surface area (Å²) in [5, 5.41) is 3.97. The first-order valence-electron chi connectivity index (χ1n) is 13.0. The Bertz CT molecular complexity index is 1180. The number of hydrogen-bond donors (Lipinski definition) is 1. The zero-order valence-corrected chi connectivity index (χ0v) is 22.9. The van der Waals surface area contributed by atoms with Gasteiger partial charge < -0.3 is 10.2 Å². The van der Waals surface area contributed by atoms with E-state index in [1.54, 1.807) is 4.90 Å². The van der Waals surface area contributed by atoms with E-state index in [0.29, 0.717) is 23.7 Å². The van der Waals surface area contributed by atoms with Crippen LogP contribution in [0.3, 0.4) is 0 Å². The van der Waals surface area contributed by atoms with Crippen molar-refractivity contribution >= 4 is 35.2 Å². The molecule has 2 amide bonds. The van der Waals surface area contributed by atoms with Gasteiger partial charge in [0.1, 0.15) is 6.04 Å². The molecule has 0 bridgehead atoms. The zero-order chi connectivity index (χ0) is 26.0. The van der Waals surface area contributed by atoms with Crippen LogP contribution >= 0.6 is 23.4 Å². The van der Waals surface area contributed by atoms with Crippen molar-refractivity contribution in [3.8, 4) is 0 Å². The lowest BCUT2D eigenvalue weighted by atomic mass is 10.0. The van der Waals surface area contributed by atoms with Crippen molar-refractivity contribution < 1.29 is 9.59 Å². The second-order valence-corrected chi connectivity index (χ2v) is 11.2. The molecule has 1 atom stereocenters. The van der Waals surface area contributed by atoms with Crippen LogP contribution in [0.5, 0.6) is 0 Å². The molecule has 4 nitrogen and oxygen atoms in total. The molecule has 1 fully saturated rings. The van der Waals surface area contributed by atoms with Crippen molar-refractivity contribution in [3.05, 3.63) is 106 Å². The second kappa shape index (κ2) is 13.7. The highest BCUT2D eigenvalue weighted by molar-refractivity contribution is 7.99. The van der Waals surface area contributed by atoms with E-state index in [1.807, 2.05) is 79.7 Å². The Morgan fingerprint density at radius 3 is 2.41 bits per heavy atom. The summed E-state index contributed by atoms with van der Waals surface area (Å²) < 4.78 is 0. The first-order valence-corrected chi connectivity index (χ1v) is 14.5. The van der Waals surface area contributed by atoms with Crippen LogP contribution in [0.2, 0.25) is 5.02 Å². The minimum absolute atomic E-state index is 0.0407. The van der Waals surface area contributed by atoms with E-state index in [0.717, 1.165) is 47.9 Å². The van der Waals surface area contributed by atoms with Gasteiger partial charge in [-0.2, -0.15) is 0 Å². The Labute approximate surface area is 229 Å². The fourth-order valence-corrected chi connectivity index (χ4v) is 6.07. The van der Waals surface area contributed by atoms with Crippen LogP contribution < -0.4 is 5.32 Å². The van der Waals surface area contributed by atoms with Gasteiger partial charge >= 0.3 is 0 Å². The predicted octanol–water partition coefficient (Wildman–Crippen LogP) is 6.58. The summed E-state index contributed by atoms with van der Waals surface area (Å²) in [6.45, 7) is 2.44. The molecule has 0 aliphatic heterocycles. The number of carbonyl (C=O) groups excluding carboxylic acids is 2. The second-order valence-electron chi connectivity index (χ2n) is 9.79. The number of hydrogen-bond acceptors (Lipinski definition) is 3. The molecule has 0 unspecified atom stereocenters. The third kappa shape index (κ3) is 8.11. The molecule has 1 saturated carbocycles. The third-order valence-electron chi connectivity index (χ3n) is 6.85. The van der Waals surface area contributed by atoms with Crippen LogP contribution in [0.25, 0.3) is 0 Å². The average molecular weight is 535 g/mol. The van der Waals surface area contributed by atoms with Gasteiger partial charge in [0, 0.05) is 29.8 Å². The van der Waals surface area contributed by atoms with E-state index in [9.17, 15) is 9.59 Å². The van der Waals surface area contributed by atoms with Gasteiger partial charge in [0.15, 0.2) is 0 Å². The predicted molar refractivity (Wildman–Crippen MR) is 154 cm³/mol. The van der Waals surface area contributed by atoms with Crippen LogP contribution in [0, 0.1) is 6.92 Å². The summed E-state index contributed by atoms with van der Waals surface area (Å²) in [6.07, 6.45) is 4.76. The minimum atomic E-state index is -0.586. The summed E-state index contributed by atoms with van der Waals surface area (Å²) in [7, 11) is 0. The van der Waals surface area contributed by atoms with E-state index in [1.165, 1.54) is 11.8 Å². The maximum absolute atomic E-state index is 13.8. The van der Waals surface area contributed by atoms with Crippen LogP contribution in [0.4, 0.5) is 0 Å². The molecule has 1 aliphatic rings. The quantitative estimate of drug-likeness (QED) is 0.302. The minimum Gasteiger partial charge on any atom is -0.352 e. The fourth-order valence-electron chi connectivity index (χ4n) is 4.88. The van der Waals surface area contributed by atoms with Gasteiger partial charge in [0.05, 0.1) is 5.75 Å². The van der Waals surface area contributed by atoms with E-state index in [-0.39, 0.29) is 23.6 Å². The summed E-state index contributed by atoms with van der Waals surface area (Å²) in [5.41, 5.74) is 4.20. The van der Waals surface area contributed by atoms with Gasteiger partial charge in [-0.05, 0) is 42.5 Å². The van der Waals surface area contributed by atoms with E-state index in [2.05, 4.69) is 11.4 Å². The molecule has 0 spiro atoms. The number of benzene rings is 3. The normalized spacial score (nSPS) is 14.3. The molecule has 4 rings (SSSR count). The zero-order valence-electron chi connectivity index (χ0n) is 21.4. The van der Waals surface area contributed by atoms with Crippen molar-refractivity contribution in [3.63, 3.8) is 0 Å². The summed E-state index contributed by atoms with van der Waals surface area (Å²) in [4.78, 5) is 29.3. The molecular weight excluding hydrogens is 500 g/mol. The lowest BCUT2D eigenvalue weighted by Gasteiger charge is -2.32. The number of rotatable bonds is 11. The molecule has 194 valence electrons. The highest BCUT2D eigenvalue weighted by Gasteiger charge is 2.32. The standard InChI is InChI=1S/C31H35ClN2O2S/c1-23-10-9-13-25(18-23)20-34(30(35)22-37-21-26-14-5-8-17-28(26)32)29(19-24-11-3-2-4-12-24)31(36)33-27-15-6-7-16-27/h2-5,8-14,17-18,27,29H,6-7,15-16,19-22H2,1H3,(H,33,36)/t29-/m0/s1. The molecule has 0 saturated heterocycles. The van der Waals surface area contributed by atoms with E-state index < -0.39 is 6.04 Å². The first kappa shape index (κ1) is 27.3. The molecule has 3 aromatic carbocycles. The summed E-state index contributed by atoms with van der Waals surface area (Å²) in [6, 6.07) is 25.5. The van der Waals surface area contributed by atoms with Gasteiger partial charge in [0.25, 0.3) is 0 Å². The Balaban J connectivity index is 1.57. The molecule has 1 aliphatic carbocycles. The number of nitrogens with zero attached hydrogens (tertiary/aromatic N) is 1. The topological polar surface area (TPSA) is 49.4 Å². The SMILES string of the molecule is Cc1cccc(CN(C(=O)CSCc2ccccc2Cl)[C@@H](Cc2ccccc2)C(=O)NC2CCCC2)c1. The van der Waals surface area contributed by atoms with Crippen molar-refractivity contribution in [2.24, 2.45) is 0 Å². The number of carbonyl (C=O) groups is 2. The lowest BCUT2D eigenvalue weighted by molar-refractivity contribution is -0.139. The van der Waals surface area contributed by atoms with E-state index in [4.69, 9.17) is 11.6 Å². The highest BCUT2D eigenvalue weighted by atomic mass is 35.5. The smallest absolute Gasteiger partial charge is 0.243 e. The first-order chi connectivity index (χ1) is 18.0. The Kier molecular flexibility index (Phi) is 10.1. The fraction of sp³-hybridized carbons (Fsp3) is 0.355. The van der Waals surface area contributed by atoms with Crippen LogP contribution in [-0.4, -0.2) is 34.6 Å². The number of aryl methyl sites for hydroxylation is 1. The largest absolute Gasteiger partial charge is 0.352 e. The number of nitrogens with one attached hydrogen (secondary N) is 1. The molecule has 3 aromatic rings. The Morgan fingerprint density at radius 1 is 0.973 bits per heavy atom. The number of halogens is 1. The monoisotopic (exact) mass is 534 g/mol. The summed E-state index contributed by atoms with van der Waals surface area (Å²) >= 11 is 7.86. The van der Waals surface area contributed by atoms with Crippen LogP contribution in [0.15, 0.2) is 78.9 Å². The molecule has 0 radical (unpaired) electrons. The third-order valence-corrected chi connectivity index (χ3v) is 8.18. The molecule has 6 heteroatoms. The molecule has 37 heavy (non-hydrogen) atoms. The van der Waals surface area contributed by atoms with E-state index >= 15 is 0 Å². The lowest BCUT2D eigenvalue weighted by Crippen LogP contribution is -2.52. The molecule has 1 N–H and O–H groups in total. The maximum atomic E-state index is 13.8. The Hall–Kier alpha value is -2.76. The van der Waals surface area contributed by atoms with Crippen LogP contribution in [-0.2, 0) is 28.3 Å². The van der Waals surface area contributed by atoms with Gasteiger partial charge in [0.2, 0.25) is 11.8 Å².